The highest BCUT2D eigenvalue weighted by molar-refractivity contribution is 5.78. The van der Waals surface area contributed by atoms with E-state index >= 15 is 0 Å². The Kier molecular flexibility index (Phi) is 27.6. The predicted molar refractivity (Wildman–Crippen MR) is 274 cm³/mol. The van der Waals surface area contributed by atoms with Gasteiger partial charge in [-0.25, -0.2) is 0 Å². The summed E-state index contributed by atoms with van der Waals surface area (Å²) >= 11 is 0. The minimum Gasteiger partial charge on any atom is -0.497 e. The lowest BCUT2D eigenvalue weighted by Crippen LogP contribution is -2.52. The lowest BCUT2D eigenvalue weighted by molar-refractivity contribution is -0.152. The average Bonchev–Trinajstić information content (AvgIpc) is 3.79. The molecule has 0 bridgehead atoms. The number of esters is 1. The number of rotatable bonds is 38. The highest BCUT2D eigenvalue weighted by atomic mass is 16.5. The Hall–Kier alpha value is -4.90. The van der Waals surface area contributed by atoms with Gasteiger partial charge in [0, 0.05) is 25.8 Å². The largest absolute Gasteiger partial charge is 0.497 e. The van der Waals surface area contributed by atoms with Gasteiger partial charge in [-0.3, -0.25) is 19.2 Å². The summed E-state index contributed by atoms with van der Waals surface area (Å²) in [6, 6.07) is 24.4. The van der Waals surface area contributed by atoms with Crippen LogP contribution in [-0.2, 0) is 40.9 Å². The summed E-state index contributed by atoms with van der Waals surface area (Å²) in [7, 11) is 3.21. The van der Waals surface area contributed by atoms with E-state index in [-0.39, 0.29) is 50.6 Å². The van der Waals surface area contributed by atoms with Gasteiger partial charge in [0.05, 0.1) is 46.3 Å². The van der Waals surface area contributed by atoms with Crippen molar-refractivity contribution in [3.8, 4) is 11.5 Å². The number of methoxy groups -OCH3 is 2. The molecular formula is C58H86N2O9. The zero-order valence-electron chi connectivity index (χ0n) is 42.5. The number of benzene rings is 3. The summed E-state index contributed by atoms with van der Waals surface area (Å²) in [6.45, 7) is 3.19. The van der Waals surface area contributed by atoms with Gasteiger partial charge >= 0.3 is 11.9 Å². The predicted octanol–water partition coefficient (Wildman–Crippen LogP) is 13.0. The number of unbranched alkanes of at least 4 members (excludes halogenated alkanes) is 20. The Balaban J connectivity index is 1.26. The van der Waals surface area contributed by atoms with Crippen LogP contribution in [0, 0.1) is 0 Å². The Morgan fingerprint density at radius 1 is 0.594 bits per heavy atom. The van der Waals surface area contributed by atoms with Crippen molar-refractivity contribution in [1.82, 2.24) is 10.2 Å². The molecule has 2 atom stereocenters. The van der Waals surface area contributed by atoms with Gasteiger partial charge in [0.1, 0.15) is 23.2 Å². The second-order valence-electron chi connectivity index (χ2n) is 19.0. The Labute approximate surface area is 414 Å². The van der Waals surface area contributed by atoms with E-state index in [0.717, 1.165) is 42.4 Å². The molecule has 2 unspecified atom stereocenters. The van der Waals surface area contributed by atoms with Crippen LogP contribution < -0.4 is 14.8 Å². The second-order valence-corrected chi connectivity index (χ2v) is 19.0. The molecule has 1 aliphatic rings. The first kappa shape index (κ1) is 56.7. The van der Waals surface area contributed by atoms with Crippen molar-refractivity contribution < 1.29 is 43.2 Å². The smallest absolute Gasteiger partial charge is 0.306 e. The van der Waals surface area contributed by atoms with Crippen LogP contribution in [0.3, 0.4) is 0 Å². The molecule has 2 amide bonds. The van der Waals surface area contributed by atoms with Gasteiger partial charge in [0.15, 0.2) is 0 Å². The molecule has 382 valence electrons. The molecule has 11 heteroatoms. The summed E-state index contributed by atoms with van der Waals surface area (Å²) in [5, 5.41) is 12.3. The Morgan fingerprint density at radius 2 is 1.07 bits per heavy atom. The van der Waals surface area contributed by atoms with Gasteiger partial charge in [-0.15, -0.1) is 0 Å². The Bertz CT molecular complexity index is 1820. The van der Waals surface area contributed by atoms with E-state index in [2.05, 4.69) is 12.2 Å². The SMILES string of the molecule is CCCCCCCCCCCCCCCCCCCCCC(=O)NCCCCCC(=O)N1CC(OC(=O)CCC(=O)O)CC1C(OCc1ccccc1)(c1ccc(OC)cc1)c1ccc(OC)cc1. The summed E-state index contributed by atoms with van der Waals surface area (Å²) in [5.74, 6) is -0.412. The number of carbonyl (C=O) groups excluding carboxylic acids is 3. The zero-order chi connectivity index (χ0) is 49.4. The molecule has 0 radical (unpaired) electrons. The Morgan fingerprint density at radius 3 is 1.57 bits per heavy atom. The van der Waals surface area contributed by atoms with Crippen molar-refractivity contribution in [2.75, 3.05) is 27.3 Å². The van der Waals surface area contributed by atoms with Gasteiger partial charge in [-0.2, -0.15) is 0 Å². The van der Waals surface area contributed by atoms with Crippen molar-refractivity contribution >= 4 is 23.8 Å². The molecule has 0 saturated carbocycles. The maximum atomic E-state index is 14.5. The van der Waals surface area contributed by atoms with E-state index in [9.17, 15) is 24.3 Å². The maximum Gasteiger partial charge on any atom is 0.306 e. The van der Waals surface area contributed by atoms with Crippen LogP contribution in [0.4, 0.5) is 0 Å². The lowest BCUT2D eigenvalue weighted by atomic mass is 9.78. The summed E-state index contributed by atoms with van der Waals surface area (Å²) in [5.41, 5.74) is 1.25. The third-order valence-corrected chi connectivity index (χ3v) is 13.6. The molecule has 69 heavy (non-hydrogen) atoms. The number of nitrogens with one attached hydrogen (secondary N) is 1. The van der Waals surface area contributed by atoms with Crippen molar-refractivity contribution in [3.63, 3.8) is 0 Å². The van der Waals surface area contributed by atoms with E-state index in [1.54, 1.807) is 19.1 Å². The van der Waals surface area contributed by atoms with E-state index in [0.29, 0.717) is 30.9 Å². The molecule has 3 aromatic carbocycles. The molecule has 1 heterocycles. The van der Waals surface area contributed by atoms with Crippen LogP contribution in [0.25, 0.3) is 0 Å². The number of hydrogen-bond donors (Lipinski definition) is 2. The van der Waals surface area contributed by atoms with E-state index in [1.165, 1.54) is 109 Å². The van der Waals surface area contributed by atoms with Crippen LogP contribution in [-0.4, -0.2) is 73.2 Å². The summed E-state index contributed by atoms with van der Waals surface area (Å²) < 4.78 is 24.2. The van der Waals surface area contributed by atoms with E-state index < -0.39 is 29.7 Å². The molecule has 3 aromatic rings. The topological polar surface area (TPSA) is 141 Å². The van der Waals surface area contributed by atoms with Gasteiger partial charge in [-0.05, 0) is 60.2 Å². The number of carboxylic acids is 1. The van der Waals surface area contributed by atoms with Crippen LogP contribution >= 0.6 is 0 Å². The third kappa shape index (κ3) is 20.9. The number of amides is 2. The quantitative estimate of drug-likeness (QED) is 0.0424. The van der Waals surface area contributed by atoms with Crippen molar-refractivity contribution in [2.45, 2.75) is 205 Å². The van der Waals surface area contributed by atoms with E-state index in [1.807, 2.05) is 78.9 Å². The average molecular weight is 955 g/mol. The number of ether oxygens (including phenoxy) is 4. The fraction of sp³-hybridized carbons (Fsp3) is 0.621. The number of aliphatic carboxylic acids is 1. The van der Waals surface area contributed by atoms with Crippen LogP contribution in [0.1, 0.15) is 197 Å². The van der Waals surface area contributed by atoms with Crippen molar-refractivity contribution in [2.24, 2.45) is 0 Å². The first-order valence-electron chi connectivity index (χ1n) is 26.6. The van der Waals surface area contributed by atoms with Crippen LogP contribution in [0.5, 0.6) is 11.5 Å². The minimum absolute atomic E-state index is 0.0887. The normalized spacial score (nSPS) is 14.7. The first-order chi connectivity index (χ1) is 33.7. The standard InChI is InChI=1S/C58H86N2O9/c1-4-5-6-7-8-9-10-11-12-13-14-15-16-17-18-19-20-21-26-31-54(61)59-43-28-23-27-32-55(62)60-45-52(69-57(65)42-41-56(63)64)44-53(60)58(48-33-37-50(66-2)38-34-48,49-35-39-51(67-3)40-36-49)68-46-47-29-24-22-25-30-47/h22,24-25,29-30,33-40,52-53H,4-21,23,26-28,31-32,41-46H2,1-3H3,(H,59,61)(H,63,64). The number of hydrogen-bond acceptors (Lipinski definition) is 8. The number of carboxylic acid groups (broad SMARTS) is 1. The van der Waals surface area contributed by atoms with Crippen LogP contribution in [0.15, 0.2) is 78.9 Å². The number of nitrogens with zero attached hydrogens (tertiary/aromatic N) is 1. The van der Waals surface area contributed by atoms with Crippen molar-refractivity contribution in [3.05, 3.63) is 95.6 Å². The molecule has 4 rings (SSSR count). The summed E-state index contributed by atoms with van der Waals surface area (Å²) in [4.78, 5) is 53.2. The molecule has 0 aliphatic carbocycles. The van der Waals surface area contributed by atoms with E-state index in [4.69, 9.17) is 18.9 Å². The first-order valence-corrected chi connectivity index (χ1v) is 26.6. The number of likely N-dealkylation sites (tertiary alicyclic amines) is 1. The lowest BCUT2D eigenvalue weighted by Gasteiger charge is -2.44. The maximum absolute atomic E-state index is 14.5. The fourth-order valence-electron chi connectivity index (χ4n) is 9.66. The molecule has 1 fully saturated rings. The molecule has 1 aliphatic heterocycles. The molecular weight excluding hydrogens is 869 g/mol. The fourth-order valence-corrected chi connectivity index (χ4v) is 9.66. The van der Waals surface area contributed by atoms with Crippen LogP contribution in [0.2, 0.25) is 0 Å². The minimum atomic E-state index is -1.25. The van der Waals surface area contributed by atoms with Gasteiger partial charge in [-0.1, -0.05) is 184 Å². The second kappa shape index (κ2) is 33.6. The summed E-state index contributed by atoms with van der Waals surface area (Å²) in [6.07, 6.45) is 27.0. The van der Waals surface area contributed by atoms with Gasteiger partial charge < -0.3 is 34.3 Å². The molecule has 0 aromatic heterocycles. The van der Waals surface area contributed by atoms with Gasteiger partial charge in [0.2, 0.25) is 11.8 Å². The highest BCUT2D eigenvalue weighted by Crippen LogP contribution is 2.46. The molecule has 2 N–H and O–H groups in total. The monoisotopic (exact) mass is 955 g/mol. The number of carbonyl (C=O) groups is 4. The molecule has 11 nitrogen and oxygen atoms in total. The van der Waals surface area contributed by atoms with Gasteiger partial charge in [0.25, 0.3) is 0 Å². The highest BCUT2D eigenvalue weighted by Gasteiger charge is 2.53. The zero-order valence-corrected chi connectivity index (χ0v) is 42.5. The van der Waals surface area contributed by atoms with Crippen molar-refractivity contribution in [1.29, 1.82) is 0 Å². The third-order valence-electron chi connectivity index (χ3n) is 13.6. The molecule has 0 spiro atoms. The molecule has 1 saturated heterocycles.